The molecule has 0 amide bonds. The van der Waals surface area contributed by atoms with Crippen LogP contribution in [0.5, 0.6) is 0 Å². The van der Waals surface area contributed by atoms with E-state index in [1.54, 1.807) is 11.8 Å². The van der Waals surface area contributed by atoms with Crippen LogP contribution >= 0.6 is 11.8 Å². The van der Waals surface area contributed by atoms with Gasteiger partial charge in [0.2, 0.25) is 0 Å². The van der Waals surface area contributed by atoms with E-state index in [1.807, 2.05) is 30.5 Å². The minimum Gasteiger partial charge on any atom is -0.250 e. The van der Waals surface area contributed by atoms with Gasteiger partial charge in [0.15, 0.2) is 0 Å². The van der Waals surface area contributed by atoms with Crippen LogP contribution in [0.2, 0.25) is 0 Å². The number of allylic oxidation sites excluding steroid dienone is 2. The molecule has 0 aliphatic heterocycles. The van der Waals surface area contributed by atoms with Crippen LogP contribution in [0.15, 0.2) is 53.6 Å². The lowest BCUT2D eigenvalue weighted by molar-refractivity contribution is 0.490. The molecule has 0 saturated carbocycles. The first-order chi connectivity index (χ1) is 7.14. The summed E-state index contributed by atoms with van der Waals surface area (Å²) in [5.41, 5.74) is 0.184. The van der Waals surface area contributed by atoms with E-state index in [0.717, 1.165) is 11.4 Å². The number of aromatic nitrogens is 1. The Morgan fingerprint density at radius 3 is 2.87 bits per heavy atom. The molecule has 2 heteroatoms. The SMILES string of the molecule is C=CCC(C)(C)/C=C/Sc1ccccn1. The van der Waals surface area contributed by atoms with Crippen LogP contribution in [-0.2, 0) is 0 Å². The molecule has 0 spiro atoms. The molecule has 1 heterocycles. The van der Waals surface area contributed by atoms with Gasteiger partial charge in [0.1, 0.15) is 5.03 Å². The Labute approximate surface area is 96.3 Å². The molecular weight excluding hydrogens is 202 g/mol. The predicted molar refractivity (Wildman–Crippen MR) is 67.8 cm³/mol. The fourth-order valence-corrected chi connectivity index (χ4v) is 2.00. The number of hydrogen-bond donors (Lipinski definition) is 0. The molecule has 0 aromatic carbocycles. The summed E-state index contributed by atoms with van der Waals surface area (Å²) >= 11 is 1.65. The van der Waals surface area contributed by atoms with Gasteiger partial charge in [0.25, 0.3) is 0 Å². The molecule has 80 valence electrons. The van der Waals surface area contributed by atoms with Gasteiger partial charge in [0, 0.05) is 6.20 Å². The Morgan fingerprint density at radius 1 is 1.47 bits per heavy atom. The Kier molecular flexibility index (Phi) is 4.63. The van der Waals surface area contributed by atoms with Crippen molar-refractivity contribution in [2.24, 2.45) is 5.41 Å². The molecule has 0 saturated heterocycles. The van der Waals surface area contributed by atoms with Crippen LogP contribution in [0, 0.1) is 5.41 Å². The van der Waals surface area contributed by atoms with Gasteiger partial charge >= 0.3 is 0 Å². The molecule has 0 aliphatic rings. The Hall–Kier alpha value is -1.02. The summed E-state index contributed by atoms with van der Waals surface area (Å²) in [5, 5.41) is 3.13. The summed E-state index contributed by atoms with van der Waals surface area (Å²) in [5.74, 6) is 0. The lowest BCUT2D eigenvalue weighted by atomic mass is 9.90. The highest BCUT2D eigenvalue weighted by atomic mass is 32.2. The smallest absolute Gasteiger partial charge is 0.100 e. The first kappa shape index (κ1) is 12.1. The normalized spacial score (nSPS) is 11.9. The third-order valence-electron chi connectivity index (χ3n) is 2.02. The molecule has 0 bridgehead atoms. The zero-order valence-corrected chi connectivity index (χ0v) is 10.1. The van der Waals surface area contributed by atoms with Gasteiger partial charge in [-0.2, -0.15) is 0 Å². The first-order valence-electron chi connectivity index (χ1n) is 5.00. The van der Waals surface area contributed by atoms with Crippen LogP contribution in [0.3, 0.4) is 0 Å². The van der Waals surface area contributed by atoms with E-state index < -0.39 is 0 Å². The molecule has 1 aromatic heterocycles. The molecule has 0 unspecified atom stereocenters. The number of pyridine rings is 1. The van der Waals surface area contributed by atoms with Crippen molar-refractivity contribution < 1.29 is 0 Å². The Morgan fingerprint density at radius 2 is 2.27 bits per heavy atom. The van der Waals surface area contributed by atoms with Crippen LogP contribution in [0.1, 0.15) is 20.3 Å². The average molecular weight is 219 g/mol. The summed E-state index contributed by atoms with van der Waals surface area (Å²) in [6, 6.07) is 5.93. The molecule has 1 nitrogen and oxygen atoms in total. The minimum atomic E-state index is 0.184. The van der Waals surface area contributed by atoms with Gasteiger partial charge in [-0.05, 0) is 29.4 Å². The molecule has 1 rings (SSSR count). The summed E-state index contributed by atoms with van der Waals surface area (Å²) in [6.07, 6.45) is 6.96. The molecule has 0 N–H and O–H groups in total. The van der Waals surface area contributed by atoms with Gasteiger partial charge in [-0.15, -0.1) is 6.58 Å². The highest BCUT2D eigenvalue weighted by Gasteiger charge is 2.10. The zero-order chi connectivity index (χ0) is 11.1. The Bertz CT molecular complexity index is 328. The summed E-state index contributed by atoms with van der Waals surface area (Å²) in [4.78, 5) is 4.24. The lowest BCUT2D eigenvalue weighted by Gasteiger charge is -2.16. The van der Waals surface area contributed by atoms with Gasteiger partial charge in [0.05, 0.1) is 0 Å². The van der Waals surface area contributed by atoms with Gasteiger partial charge < -0.3 is 0 Å². The molecule has 0 aliphatic carbocycles. The van der Waals surface area contributed by atoms with Gasteiger partial charge in [-0.3, -0.25) is 0 Å². The fourth-order valence-electron chi connectivity index (χ4n) is 1.14. The summed E-state index contributed by atoms with van der Waals surface area (Å²) in [6.45, 7) is 8.16. The van der Waals surface area contributed by atoms with Crippen LogP contribution in [0.4, 0.5) is 0 Å². The number of nitrogens with zero attached hydrogens (tertiary/aromatic N) is 1. The van der Waals surface area contributed by atoms with Crippen LogP contribution < -0.4 is 0 Å². The van der Waals surface area contributed by atoms with E-state index in [0.29, 0.717) is 0 Å². The van der Waals surface area contributed by atoms with Crippen molar-refractivity contribution in [2.75, 3.05) is 0 Å². The highest BCUT2D eigenvalue weighted by Crippen LogP contribution is 2.25. The van der Waals surface area contributed by atoms with E-state index in [-0.39, 0.29) is 5.41 Å². The highest BCUT2D eigenvalue weighted by molar-refractivity contribution is 8.02. The molecule has 1 aromatic rings. The zero-order valence-electron chi connectivity index (χ0n) is 9.31. The second kappa shape index (κ2) is 5.76. The van der Waals surface area contributed by atoms with E-state index in [9.17, 15) is 0 Å². The van der Waals surface area contributed by atoms with E-state index in [2.05, 4.69) is 36.9 Å². The molecular formula is C13H17NS. The van der Waals surface area contributed by atoms with Gasteiger partial charge in [-0.1, -0.05) is 43.8 Å². The molecule has 0 fully saturated rings. The maximum absolute atomic E-state index is 4.24. The minimum absolute atomic E-state index is 0.184. The van der Waals surface area contributed by atoms with Crippen molar-refractivity contribution in [2.45, 2.75) is 25.3 Å². The monoisotopic (exact) mass is 219 g/mol. The van der Waals surface area contributed by atoms with Crippen LogP contribution in [0.25, 0.3) is 0 Å². The van der Waals surface area contributed by atoms with Crippen molar-refractivity contribution in [3.05, 3.63) is 48.5 Å². The maximum atomic E-state index is 4.24. The Balaban J connectivity index is 2.49. The standard InChI is InChI=1S/C13H17NS/c1-4-8-13(2,3)9-11-15-12-7-5-6-10-14-12/h4-7,9-11H,1,8H2,2-3H3/b11-9+. The third kappa shape index (κ3) is 4.84. The van der Waals surface area contributed by atoms with E-state index in [4.69, 9.17) is 0 Å². The number of hydrogen-bond acceptors (Lipinski definition) is 2. The maximum Gasteiger partial charge on any atom is 0.100 e. The van der Waals surface area contributed by atoms with Crippen molar-refractivity contribution in [3.8, 4) is 0 Å². The number of rotatable bonds is 5. The average Bonchev–Trinajstić information content (AvgIpc) is 2.19. The largest absolute Gasteiger partial charge is 0.250 e. The van der Waals surface area contributed by atoms with Gasteiger partial charge in [-0.25, -0.2) is 4.98 Å². The van der Waals surface area contributed by atoms with Crippen molar-refractivity contribution in [3.63, 3.8) is 0 Å². The first-order valence-corrected chi connectivity index (χ1v) is 5.88. The lowest BCUT2D eigenvalue weighted by Crippen LogP contribution is -2.04. The summed E-state index contributed by atoms with van der Waals surface area (Å²) < 4.78 is 0. The van der Waals surface area contributed by atoms with Crippen LogP contribution in [-0.4, -0.2) is 4.98 Å². The second-order valence-electron chi connectivity index (χ2n) is 4.07. The van der Waals surface area contributed by atoms with E-state index in [1.165, 1.54) is 0 Å². The molecule has 0 radical (unpaired) electrons. The van der Waals surface area contributed by atoms with E-state index >= 15 is 0 Å². The predicted octanol–water partition coefficient (Wildman–Crippen LogP) is 4.29. The molecule has 15 heavy (non-hydrogen) atoms. The fraction of sp³-hybridized carbons (Fsp3) is 0.308. The number of thioether (sulfide) groups is 1. The van der Waals surface area contributed by atoms with Crippen molar-refractivity contribution in [1.82, 2.24) is 4.98 Å². The van der Waals surface area contributed by atoms with Crippen molar-refractivity contribution in [1.29, 1.82) is 0 Å². The summed E-state index contributed by atoms with van der Waals surface area (Å²) in [7, 11) is 0. The topological polar surface area (TPSA) is 12.9 Å². The quantitative estimate of drug-likeness (QED) is 0.541. The second-order valence-corrected chi connectivity index (χ2v) is 5.00. The molecule has 0 atom stereocenters. The third-order valence-corrected chi connectivity index (χ3v) is 2.77. The van der Waals surface area contributed by atoms with Crippen molar-refractivity contribution >= 4 is 11.8 Å².